The molecule has 0 N–H and O–H groups in total. The highest BCUT2D eigenvalue weighted by atomic mass is 15.4. The minimum atomic E-state index is 0.862. The van der Waals surface area contributed by atoms with Crippen molar-refractivity contribution in [2.75, 3.05) is 12.1 Å². The minimum absolute atomic E-state index is 0.862. The Morgan fingerprint density at radius 3 is 2.43 bits per heavy atom. The largest absolute Gasteiger partial charge is 0.269 e. The molecular formula is C19H20N2. The summed E-state index contributed by atoms with van der Waals surface area (Å²) in [5.74, 6) is 0. The summed E-state index contributed by atoms with van der Waals surface area (Å²) in [5, 5.41) is 6.21. The molecule has 2 aromatic rings. The van der Waals surface area contributed by atoms with E-state index in [1.165, 1.54) is 11.1 Å². The van der Waals surface area contributed by atoms with Gasteiger partial charge in [0.2, 0.25) is 0 Å². The van der Waals surface area contributed by atoms with Crippen molar-refractivity contribution in [1.29, 1.82) is 0 Å². The maximum atomic E-state index is 4.39. The van der Waals surface area contributed by atoms with Gasteiger partial charge in [0.25, 0.3) is 0 Å². The summed E-state index contributed by atoms with van der Waals surface area (Å²) in [6.45, 7) is 6.10. The minimum Gasteiger partial charge on any atom is -0.269 e. The summed E-state index contributed by atoms with van der Waals surface area (Å²) in [4.78, 5) is 0. The molecule has 0 aliphatic carbocycles. The van der Waals surface area contributed by atoms with Gasteiger partial charge in [0.05, 0.1) is 11.9 Å². The lowest BCUT2D eigenvalue weighted by atomic mass is 10.1. The van der Waals surface area contributed by atoms with Gasteiger partial charge in [0, 0.05) is 7.05 Å². The lowest BCUT2D eigenvalue weighted by Crippen LogP contribution is -2.08. The summed E-state index contributed by atoms with van der Waals surface area (Å²) in [6, 6.07) is 18.3. The quantitative estimate of drug-likeness (QED) is 0.439. The predicted molar refractivity (Wildman–Crippen MR) is 92.7 cm³/mol. The van der Waals surface area contributed by atoms with E-state index in [1.54, 1.807) is 6.21 Å². The SMILES string of the molecule is C=C(/C=C\c1ccccc1C)/C=N/N(C)c1ccccc1. The maximum Gasteiger partial charge on any atom is 0.0590 e. The number of benzene rings is 2. The highest BCUT2D eigenvalue weighted by Crippen LogP contribution is 2.12. The third kappa shape index (κ3) is 4.46. The zero-order chi connectivity index (χ0) is 15.1. The van der Waals surface area contributed by atoms with Crippen LogP contribution in [0.4, 0.5) is 5.69 Å². The first-order valence-electron chi connectivity index (χ1n) is 6.92. The van der Waals surface area contributed by atoms with Crippen LogP contribution in [0.25, 0.3) is 6.08 Å². The third-order valence-electron chi connectivity index (χ3n) is 3.19. The molecule has 0 aliphatic rings. The van der Waals surface area contributed by atoms with E-state index in [0.717, 1.165) is 11.3 Å². The summed E-state index contributed by atoms with van der Waals surface area (Å²) < 4.78 is 0. The van der Waals surface area contributed by atoms with E-state index in [9.17, 15) is 0 Å². The average Bonchev–Trinajstić information content (AvgIpc) is 2.52. The third-order valence-corrected chi connectivity index (χ3v) is 3.19. The van der Waals surface area contributed by atoms with Gasteiger partial charge >= 0.3 is 0 Å². The van der Waals surface area contributed by atoms with Crippen molar-refractivity contribution >= 4 is 18.0 Å². The van der Waals surface area contributed by atoms with Gasteiger partial charge in [-0.15, -0.1) is 0 Å². The van der Waals surface area contributed by atoms with E-state index in [4.69, 9.17) is 0 Å². The molecule has 0 radical (unpaired) electrons. The zero-order valence-electron chi connectivity index (χ0n) is 12.5. The molecule has 2 heteroatoms. The Bertz CT molecular complexity index is 654. The predicted octanol–water partition coefficient (Wildman–Crippen LogP) is 4.69. The van der Waals surface area contributed by atoms with Gasteiger partial charge in [-0.25, -0.2) is 0 Å². The number of para-hydroxylation sites is 1. The molecule has 0 saturated heterocycles. The van der Waals surface area contributed by atoms with Gasteiger partial charge in [-0.2, -0.15) is 5.10 Å². The lowest BCUT2D eigenvalue weighted by Gasteiger charge is -2.11. The van der Waals surface area contributed by atoms with Crippen molar-refractivity contribution in [3.05, 3.63) is 84.0 Å². The molecule has 0 unspecified atom stereocenters. The molecule has 0 aliphatic heterocycles. The molecule has 0 heterocycles. The zero-order valence-corrected chi connectivity index (χ0v) is 12.5. The molecule has 106 valence electrons. The fourth-order valence-corrected chi connectivity index (χ4v) is 1.88. The van der Waals surface area contributed by atoms with Gasteiger partial charge in [0.1, 0.15) is 0 Å². The smallest absolute Gasteiger partial charge is 0.0590 e. The molecule has 0 fully saturated rings. The second-order valence-electron chi connectivity index (χ2n) is 4.87. The Balaban J connectivity index is 1.99. The average molecular weight is 276 g/mol. The van der Waals surface area contributed by atoms with Crippen LogP contribution in [0.5, 0.6) is 0 Å². The molecule has 2 nitrogen and oxygen atoms in total. The van der Waals surface area contributed by atoms with Crippen molar-refractivity contribution in [2.24, 2.45) is 5.10 Å². The number of anilines is 1. The molecule has 0 bridgehead atoms. The monoisotopic (exact) mass is 276 g/mol. The van der Waals surface area contributed by atoms with E-state index in [0.29, 0.717) is 0 Å². The Morgan fingerprint density at radius 2 is 1.71 bits per heavy atom. The highest BCUT2D eigenvalue weighted by Gasteiger charge is 1.95. The molecule has 21 heavy (non-hydrogen) atoms. The van der Waals surface area contributed by atoms with Crippen LogP contribution in [-0.2, 0) is 0 Å². The number of hydrogen-bond donors (Lipinski definition) is 0. The number of nitrogens with zero attached hydrogens (tertiary/aromatic N) is 2. The number of hydrazone groups is 1. The summed E-state index contributed by atoms with van der Waals surface area (Å²) in [5.41, 5.74) is 4.36. The maximum absolute atomic E-state index is 4.39. The van der Waals surface area contributed by atoms with Crippen LogP contribution >= 0.6 is 0 Å². The molecule has 0 amide bonds. The van der Waals surface area contributed by atoms with Crippen molar-refractivity contribution in [3.63, 3.8) is 0 Å². The first-order valence-corrected chi connectivity index (χ1v) is 6.92. The van der Waals surface area contributed by atoms with E-state index in [1.807, 2.05) is 60.6 Å². The van der Waals surface area contributed by atoms with Crippen LogP contribution in [-0.4, -0.2) is 13.3 Å². The highest BCUT2D eigenvalue weighted by molar-refractivity contribution is 5.84. The van der Waals surface area contributed by atoms with Gasteiger partial charge < -0.3 is 0 Å². The fourth-order valence-electron chi connectivity index (χ4n) is 1.88. The Morgan fingerprint density at radius 1 is 1.05 bits per heavy atom. The number of hydrogen-bond acceptors (Lipinski definition) is 2. The first kappa shape index (κ1) is 14.8. The van der Waals surface area contributed by atoms with E-state index in [2.05, 4.69) is 36.8 Å². The van der Waals surface area contributed by atoms with E-state index in [-0.39, 0.29) is 0 Å². The summed E-state index contributed by atoms with van der Waals surface area (Å²) >= 11 is 0. The number of allylic oxidation sites excluding steroid dienone is 2. The fraction of sp³-hybridized carbons (Fsp3) is 0.105. The van der Waals surface area contributed by atoms with Crippen molar-refractivity contribution in [3.8, 4) is 0 Å². The van der Waals surface area contributed by atoms with Crippen LogP contribution in [0, 0.1) is 6.92 Å². The standard InChI is InChI=1S/C19H20N2/c1-16(13-14-18-10-8-7-9-17(18)2)15-20-21(3)19-11-5-4-6-12-19/h4-15H,1H2,2-3H3/b14-13-,20-15+. The molecule has 0 aromatic heterocycles. The van der Waals surface area contributed by atoms with Crippen LogP contribution in [0.1, 0.15) is 11.1 Å². The molecule has 2 aromatic carbocycles. The lowest BCUT2D eigenvalue weighted by molar-refractivity contribution is 1.02. The number of aryl methyl sites for hydroxylation is 1. The molecule has 0 saturated carbocycles. The van der Waals surface area contributed by atoms with Crippen molar-refractivity contribution in [2.45, 2.75) is 6.92 Å². The normalized spacial score (nSPS) is 11.1. The van der Waals surface area contributed by atoms with Gasteiger partial charge in [-0.3, -0.25) is 5.01 Å². The van der Waals surface area contributed by atoms with Gasteiger partial charge in [-0.1, -0.05) is 61.2 Å². The van der Waals surface area contributed by atoms with Crippen LogP contribution < -0.4 is 5.01 Å². The second-order valence-corrected chi connectivity index (χ2v) is 4.87. The second kappa shape index (κ2) is 7.25. The number of rotatable bonds is 5. The van der Waals surface area contributed by atoms with Crippen molar-refractivity contribution in [1.82, 2.24) is 0 Å². The van der Waals surface area contributed by atoms with Gasteiger partial charge in [-0.05, 0) is 35.8 Å². The summed E-state index contributed by atoms with van der Waals surface area (Å²) in [6.07, 6.45) is 5.80. The Kier molecular flexibility index (Phi) is 5.10. The van der Waals surface area contributed by atoms with E-state index < -0.39 is 0 Å². The molecule has 0 spiro atoms. The first-order chi connectivity index (χ1) is 10.2. The van der Waals surface area contributed by atoms with Crippen LogP contribution in [0.15, 0.2) is 77.9 Å². The van der Waals surface area contributed by atoms with Crippen molar-refractivity contribution < 1.29 is 0 Å². The summed E-state index contributed by atoms with van der Waals surface area (Å²) in [7, 11) is 1.92. The van der Waals surface area contributed by atoms with E-state index >= 15 is 0 Å². The van der Waals surface area contributed by atoms with Crippen LogP contribution in [0.3, 0.4) is 0 Å². The van der Waals surface area contributed by atoms with Crippen LogP contribution in [0.2, 0.25) is 0 Å². The molecule has 0 atom stereocenters. The Hall–Kier alpha value is -2.61. The molecular weight excluding hydrogens is 256 g/mol. The topological polar surface area (TPSA) is 15.6 Å². The Labute approximate surface area is 126 Å². The molecule has 2 rings (SSSR count). The van der Waals surface area contributed by atoms with Gasteiger partial charge in [0.15, 0.2) is 0 Å².